The third-order valence-corrected chi connectivity index (χ3v) is 6.60. The maximum absolute atomic E-state index is 12.7. The number of nitrogens with zero attached hydrogens (tertiary/aromatic N) is 1. The summed E-state index contributed by atoms with van der Waals surface area (Å²) in [5.41, 5.74) is 2.52. The first-order valence-electron chi connectivity index (χ1n) is 11.0. The molecule has 0 saturated heterocycles. The summed E-state index contributed by atoms with van der Waals surface area (Å²) in [6.45, 7) is 6.49. The van der Waals surface area contributed by atoms with E-state index in [4.69, 9.17) is 4.74 Å². The first-order chi connectivity index (χ1) is 16.0. The number of thiazole rings is 1. The first kappa shape index (κ1) is 24.8. The molecule has 2 amide bonds. The predicted octanol–water partition coefficient (Wildman–Crippen LogP) is 6.46. The van der Waals surface area contributed by atoms with Gasteiger partial charge in [-0.25, -0.2) is 4.98 Å². The Hall–Kier alpha value is -2.84. The van der Waals surface area contributed by atoms with Gasteiger partial charge in [0.15, 0.2) is 5.13 Å². The highest BCUT2D eigenvalue weighted by molar-refractivity contribution is 8.00. The zero-order valence-electron chi connectivity index (χ0n) is 19.1. The van der Waals surface area contributed by atoms with E-state index in [1.54, 1.807) is 0 Å². The lowest BCUT2D eigenvalue weighted by Gasteiger charge is -2.12. The number of nitrogens with one attached hydrogen (secondary N) is 2. The summed E-state index contributed by atoms with van der Waals surface area (Å²) in [5, 5.41) is 7.99. The van der Waals surface area contributed by atoms with E-state index >= 15 is 0 Å². The second-order valence-corrected chi connectivity index (χ2v) is 9.70. The number of unbranched alkanes of at least 4 members (excludes halogenated alkanes) is 1. The molecule has 1 aromatic heterocycles. The topological polar surface area (TPSA) is 80.3 Å². The molecule has 0 aliphatic rings. The molecule has 8 heteroatoms. The van der Waals surface area contributed by atoms with Crippen LogP contribution < -0.4 is 15.4 Å². The van der Waals surface area contributed by atoms with Gasteiger partial charge in [0.1, 0.15) is 5.75 Å². The summed E-state index contributed by atoms with van der Waals surface area (Å²) in [7, 11) is 0. The van der Waals surface area contributed by atoms with E-state index in [1.807, 2.05) is 67.8 Å². The number of aromatic nitrogens is 1. The van der Waals surface area contributed by atoms with Gasteiger partial charge in [0.2, 0.25) is 11.8 Å². The molecule has 174 valence electrons. The van der Waals surface area contributed by atoms with Crippen LogP contribution in [0.15, 0.2) is 58.8 Å². The Bertz CT molecular complexity index is 1070. The SMILES string of the molecule is CCCCC(=O)Nc1cccc(SC(C)C(=O)Nc2nc(-c3ccc(OCC)cc3)cs2)c1. The number of hydrogen-bond donors (Lipinski definition) is 2. The lowest BCUT2D eigenvalue weighted by molar-refractivity contribution is -0.116. The van der Waals surface area contributed by atoms with Crippen molar-refractivity contribution in [1.82, 2.24) is 4.98 Å². The van der Waals surface area contributed by atoms with Crippen LogP contribution in [-0.2, 0) is 9.59 Å². The molecule has 0 saturated carbocycles. The highest BCUT2D eigenvalue weighted by Crippen LogP contribution is 2.29. The number of carbonyl (C=O) groups is 2. The second-order valence-electron chi connectivity index (χ2n) is 7.42. The summed E-state index contributed by atoms with van der Waals surface area (Å²) in [6.07, 6.45) is 2.37. The molecule has 1 unspecified atom stereocenters. The van der Waals surface area contributed by atoms with Crippen LogP contribution in [0.2, 0.25) is 0 Å². The average molecular weight is 484 g/mol. The number of hydrogen-bond acceptors (Lipinski definition) is 6. The summed E-state index contributed by atoms with van der Waals surface area (Å²) in [4.78, 5) is 30.1. The van der Waals surface area contributed by atoms with Crippen molar-refractivity contribution in [1.29, 1.82) is 0 Å². The van der Waals surface area contributed by atoms with Crippen LogP contribution in [0.4, 0.5) is 10.8 Å². The number of ether oxygens (including phenoxy) is 1. The van der Waals surface area contributed by atoms with Gasteiger partial charge in [-0.2, -0.15) is 0 Å². The fourth-order valence-electron chi connectivity index (χ4n) is 3.02. The van der Waals surface area contributed by atoms with Crippen molar-refractivity contribution in [3.8, 4) is 17.0 Å². The number of carbonyl (C=O) groups excluding carboxylic acids is 2. The Morgan fingerprint density at radius 1 is 1.12 bits per heavy atom. The molecule has 2 aromatic carbocycles. The lowest BCUT2D eigenvalue weighted by Crippen LogP contribution is -2.22. The van der Waals surface area contributed by atoms with E-state index in [-0.39, 0.29) is 17.1 Å². The van der Waals surface area contributed by atoms with Gasteiger partial charge in [-0.05, 0) is 62.7 Å². The fraction of sp³-hybridized carbons (Fsp3) is 0.320. The average Bonchev–Trinajstić information content (AvgIpc) is 3.27. The maximum atomic E-state index is 12.7. The molecule has 0 spiro atoms. The first-order valence-corrected chi connectivity index (χ1v) is 12.8. The van der Waals surface area contributed by atoms with Crippen LogP contribution in [0.3, 0.4) is 0 Å². The van der Waals surface area contributed by atoms with Crippen LogP contribution >= 0.6 is 23.1 Å². The van der Waals surface area contributed by atoms with Gasteiger partial charge in [0.25, 0.3) is 0 Å². The van der Waals surface area contributed by atoms with Gasteiger partial charge in [0, 0.05) is 27.9 Å². The third kappa shape index (κ3) is 7.61. The molecule has 0 bridgehead atoms. The highest BCUT2D eigenvalue weighted by Gasteiger charge is 2.17. The van der Waals surface area contributed by atoms with E-state index in [2.05, 4.69) is 22.5 Å². The molecule has 6 nitrogen and oxygen atoms in total. The minimum atomic E-state index is -0.325. The number of anilines is 2. The van der Waals surface area contributed by atoms with Crippen molar-refractivity contribution >= 4 is 45.7 Å². The minimum absolute atomic E-state index is 0.0110. The number of benzene rings is 2. The second kappa shape index (κ2) is 12.4. The zero-order chi connectivity index (χ0) is 23.6. The van der Waals surface area contributed by atoms with E-state index in [0.717, 1.165) is 40.4 Å². The third-order valence-electron chi connectivity index (χ3n) is 4.75. The van der Waals surface area contributed by atoms with Crippen molar-refractivity contribution < 1.29 is 14.3 Å². The Kier molecular flexibility index (Phi) is 9.33. The van der Waals surface area contributed by atoms with Gasteiger partial charge >= 0.3 is 0 Å². The molecule has 1 atom stereocenters. The molecule has 1 heterocycles. The summed E-state index contributed by atoms with van der Waals surface area (Å²) in [6, 6.07) is 15.3. The normalized spacial score (nSPS) is 11.6. The predicted molar refractivity (Wildman–Crippen MR) is 137 cm³/mol. The van der Waals surface area contributed by atoms with Crippen molar-refractivity contribution in [2.75, 3.05) is 17.2 Å². The molecule has 3 rings (SSSR count). The molecule has 0 aliphatic carbocycles. The van der Waals surface area contributed by atoms with Crippen LogP contribution in [0.1, 0.15) is 40.0 Å². The highest BCUT2D eigenvalue weighted by atomic mass is 32.2. The van der Waals surface area contributed by atoms with Crippen LogP contribution in [-0.4, -0.2) is 28.7 Å². The Morgan fingerprint density at radius 3 is 2.64 bits per heavy atom. The maximum Gasteiger partial charge on any atom is 0.239 e. The van der Waals surface area contributed by atoms with Crippen molar-refractivity contribution in [2.45, 2.75) is 50.2 Å². The van der Waals surface area contributed by atoms with E-state index in [1.165, 1.54) is 23.1 Å². The van der Waals surface area contributed by atoms with Crippen LogP contribution in [0.5, 0.6) is 5.75 Å². The van der Waals surface area contributed by atoms with Crippen LogP contribution in [0, 0.1) is 0 Å². The molecule has 0 fully saturated rings. The van der Waals surface area contributed by atoms with Gasteiger partial charge in [-0.15, -0.1) is 23.1 Å². The Balaban J connectivity index is 1.56. The Morgan fingerprint density at radius 2 is 1.91 bits per heavy atom. The van der Waals surface area contributed by atoms with Gasteiger partial charge in [-0.3, -0.25) is 9.59 Å². The van der Waals surface area contributed by atoms with Crippen molar-refractivity contribution in [2.24, 2.45) is 0 Å². The van der Waals surface area contributed by atoms with Gasteiger partial charge < -0.3 is 15.4 Å². The van der Waals surface area contributed by atoms with Crippen molar-refractivity contribution in [3.63, 3.8) is 0 Å². The molecule has 3 aromatic rings. The molecular formula is C25H29N3O3S2. The monoisotopic (exact) mass is 483 g/mol. The quantitative estimate of drug-likeness (QED) is 0.306. The number of rotatable bonds is 11. The summed E-state index contributed by atoms with van der Waals surface area (Å²) >= 11 is 2.83. The molecule has 0 radical (unpaired) electrons. The number of amides is 2. The smallest absolute Gasteiger partial charge is 0.239 e. The molecule has 2 N–H and O–H groups in total. The zero-order valence-corrected chi connectivity index (χ0v) is 20.7. The summed E-state index contributed by atoms with van der Waals surface area (Å²) < 4.78 is 5.47. The largest absolute Gasteiger partial charge is 0.494 e. The molecular weight excluding hydrogens is 454 g/mol. The van der Waals surface area contributed by atoms with Crippen molar-refractivity contribution in [3.05, 3.63) is 53.9 Å². The fourth-order valence-corrected chi connectivity index (χ4v) is 4.67. The lowest BCUT2D eigenvalue weighted by atomic mass is 10.2. The molecule has 33 heavy (non-hydrogen) atoms. The minimum Gasteiger partial charge on any atom is -0.494 e. The van der Waals surface area contributed by atoms with Crippen LogP contribution in [0.25, 0.3) is 11.3 Å². The Labute approximate surface area is 203 Å². The molecule has 0 aliphatic heterocycles. The summed E-state index contributed by atoms with van der Waals surface area (Å²) in [5.74, 6) is 0.710. The standard InChI is InChI=1S/C25H29N3O3S2/c1-4-6-10-23(29)26-19-8-7-9-21(15-19)33-17(3)24(30)28-25-27-22(16-32-25)18-11-13-20(14-12-18)31-5-2/h7-9,11-17H,4-6,10H2,1-3H3,(H,26,29)(H,27,28,30). The van der Waals surface area contributed by atoms with E-state index in [0.29, 0.717) is 18.2 Å². The van der Waals surface area contributed by atoms with Gasteiger partial charge in [-0.1, -0.05) is 19.4 Å². The van der Waals surface area contributed by atoms with E-state index in [9.17, 15) is 9.59 Å². The number of thioether (sulfide) groups is 1. The van der Waals surface area contributed by atoms with E-state index < -0.39 is 0 Å². The van der Waals surface area contributed by atoms with Gasteiger partial charge in [0.05, 0.1) is 17.6 Å².